The number of para-hydroxylation sites is 1. The molecule has 1 aliphatic carbocycles. The number of rotatable bonds is 10. The minimum atomic E-state index is 0.160. The van der Waals surface area contributed by atoms with Crippen LogP contribution >= 0.6 is 0 Å². The molecule has 1 unspecified atom stereocenters. The number of nitrogens with one attached hydrogen (secondary N) is 2. The molecular weight excluding hydrogens is 516 g/mol. The minimum absolute atomic E-state index is 0.160. The molecule has 2 aromatic heterocycles. The molecule has 1 spiro atoms. The Morgan fingerprint density at radius 3 is 2.68 bits per heavy atom. The number of unbranched alkanes of at least 4 members (excludes halogenated alkanes) is 1. The van der Waals surface area contributed by atoms with Gasteiger partial charge in [-0.1, -0.05) is 37.6 Å². The predicted molar refractivity (Wildman–Crippen MR) is 165 cm³/mol. The minimum Gasteiger partial charge on any atom is -0.496 e. The maximum Gasteiger partial charge on any atom is 0.222 e. The summed E-state index contributed by atoms with van der Waals surface area (Å²) in [5, 5.41) is 15.9. The van der Waals surface area contributed by atoms with E-state index < -0.39 is 0 Å². The molecule has 1 aliphatic heterocycles. The Kier molecular flexibility index (Phi) is 9.27. The van der Waals surface area contributed by atoms with Crippen LogP contribution in [0.15, 0.2) is 42.5 Å². The average molecular weight is 561 g/mol. The Morgan fingerprint density at radius 1 is 1.17 bits per heavy atom. The summed E-state index contributed by atoms with van der Waals surface area (Å²) in [6, 6.07) is 15.2. The van der Waals surface area contributed by atoms with E-state index in [9.17, 15) is 0 Å². The molecule has 41 heavy (non-hydrogen) atoms. The Balaban J connectivity index is 0.00000108. The summed E-state index contributed by atoms with van der Waals surface area (Å²) in [5.74, 6) is 1.93. The van der Waals surface area contributed by atoms with E-state index >= 15 is 0 Å². The van der Waals surface area contributed by atoms with Gasteiger partial charge in [-0.15, -0.1) is 0 Å². The van der Waals surface area contributed by atoms with Crippen LogP contribution in [0.4, 0.5) is 11.8 Å². The fourth-order valence-corrected chi connectivity index (χ4v) is 6.01. The summed E-state index contributed by atoms with van der Waals surface area (Å²) in [6.07, 6.45) is 7.00. The van der Waals surface area contributed by atoms with Crippen LogP contribution in [-0.4, -0.2) is 58.2 Å². The molecule has 1 atom stereocenters. The van der Waals surface area contributed by atoms with E-state index in [1.807, 2.05) is 6.07 Å². The van der Waals surface area contributed by atoms with Crippen LogP contribution in [0.3, 0.4) is 0 Å². The van der Waals surface area contributed by atoms with Gasteiger partial charge in [-0.05, 0) is 62.8 Å². The molecule has 0 radical (unpaired) electrons. The molecule has 5 N–H and O–H groups in total. The number of hydrogen-bond donors (Lipinski definition) is 4. The van der Waals surface area contributed by atoms with Crippen molar-refractivity contribution >= 4 is 33.7 Å². The number of benzene rings is 2. The van der Waals surface area contributed by atoms with Gasteiger partial charge in [-0.25, -0.2) is 4.98 Å². The molecular formula is C32H44N6O3. The van der Waals surface area contributed by atoms with Crippen molar-refractivity contribution in [3.63, 3.8) is 0 Å². The van der Waals surface area contributed by atoms with Crippen molar-refractivity contribution in [1.29, 1.82) is 0 Å². The van der Waals surface area contributed by atoms with E-state index in [1.165, 1.54) is 24.8 Å². The zero-order valence-corrected chi connectivity index (χ0v) is 24.6. The van der Waals surface area contributed by atoms with Gasteiger partial charge in [-0.2, -0.15) is 4.98 Å². The molecule has 220 valence electrons. The largest absolute Gasteiger partial charge is 0.496 e. The van der Waals surface area contributed by atoms with Gasteiger partial charge < -0.3 is 35.5 Å². The van der Waals surface area contributed by atoms with Gasteiger partial charge in [0.2, 0.25) is 5.95 Å². The highest BCUT2D eigenvalue weighted by atomic mass is 16.5. The second-order valence-corrected chi connectivity index (χ2v) is 11.1. The van der Waals surface area contributed by atoms with Crippen molar-refractivity contribution in [2.24, 2.45) is 0 Å². The predicted octanol–water partition coefficient (Wildman–Crippen LogP) is 5.24. The van der Waals surface area contributed by atoms with Gasteiger partial charge in [0.25, 0.3) is 0 Å². The molecule has 4 aromatic rings. The summed E-state index contributed by atoms with van der Waals surface area (Å²) in [6.45, 7) is 7.19. The lowest BCUT2D eigenvalue weighted by atomic mass is 9.77. The summed E-state index contributed by atoms with van der Waals surface area (Å²) in [4.78, 5) is 9.27. The van der Waals surface area contributed by atoms with Crippen LogP contribution in [0, 0.1) is 0 Å². The van der Waals surface area contributed by atoms with Gasteiger partial charge in [0.05, 0.1) is 31.4 Å². The molecule has 2 aliphatic rings. The summed E-state index contributed by atoms with van der Waals surface area (Å²) in [7, 11) is 1.73. The monoisotopic (exact) mass is 560 g/mol. The maximum atomic E-state index is 7.57. The molecule has 9 nitrogen and oxygen atoms in total. The van der Waals surface area contributed by atoms with Gasteiger partial charge in [0, 0.05) is 36.7 Å². The number of fused-ring (bicyclic) bond motifs is 3. The first kappa shape index (κ1) is 29.1. The third kappa shape index (κ3) is 6.27. The van der Waals surface area contributed by atoms with E-state index in [-0.39, 0.29) is 18.2 Å². The third-order valence-electron chi connectivity index (χ3n) is 8.19. The number of methoxy groups -OCH3 is 1. The fourth-order valence-electron chi connectivity index (χ4n) is 6.01. The molecule has 1 saturated heterocycles. The van der Waals surface area contributed by atoms with E-state index in [2.05, 4.69) is 68.5 Å². The van der Waals surface area contributed by atoms with Crippen LogP contribution in [0.25, 0.3) is 21.9 Å². The zero-order valence-electron chi connectivity index (χ0n) is 24.6. The average Bonchev–Trinajstić information content (AvgIpc) is 3.53. The Labute approximate surface area is 242 Å². The first-order valence-electron chi connectivity index (χ1n) is 14.9. The SMILES string of the molecule is CCCCNc1nc(N)nc2c3ccccc3n(Cc3cc(CNC4COC5(CCC5)C4)ccc3OC)c12.CCO. The number of aromatic nitrogens is 3. The number of ether oxygens (including phenoxy) is 2. The Bertz CT molecular complexity index is 1470. The standard InChI is InChI=1S/C30H38N6O2.C2H6O/c1-3-4-14-32-28-27-26(34-29(31)35-28)23-8-5-6-9-24(23)36(27)18-21-15-20(10-11-25(21)37-2)17-33-22-16-30(38-19-22)12-7-13-30;1-2-3/h5-6,8-11,15,22,33H,3-4,7,12-14,16-19H2,1-2H3,(H3,31,32,34,35);3H,2H2,1H3. The summed E-state index contributed by atoms with van der Waals surface area (Å²) in [5.41, 5.74) is 11.6. The number of nitrogen functional groups attached to an aromatic ring is 1. The van der Waals surface area contributed by atoms with Crippen LogP contribution in [0.1, 0.15) is 63.5 Å². The molecule has 9 heteroatoms. The van der Waals surface area contributed by atoms with Gasteiger partial charge in [0.15, 0.2) is 5.82 Å². The van der Waals surface area contributed by atoms with E-state index in [1.54, 1.807) is 14.0 Å². The lowest BCUT2D eigenvalue weighted by Crippen LogP contribution is -2.37. The van der Waals surface area contributed by atoms with Gasteiger partial charge in [0.1, 0.15) is 16.8 Å². The van der Waals surface area contributed by atoms with Crippen molar-refractivity contribution in [3.8, 4) is 5.75 Å². The summed E-state index contributed by atoms with van der Waals surface area (Å²) >= 11 is 0. The highest BCUT2D eigenvalue weighted by Gasteiger charge is 2.44. The van der Waals surface area contributed by atoms with Crippen molar-refractivity contribution in [2.45, 2.75) is 77.1 Å². The Morgan fingerprint density at radius 2 is 1.98 bits per heavy atom. The number of hydrogen-bond acceptors (Lipinski definition) is 8. The molecule has 3 heterocycles. The fraction of sp³-hybridized carbons (Fsp3) is 0.500. The van der Waals surface area contributed by atoms with Crippen molar-refractivity contribution in [2.75, 3.05) is 37.9 Å². The normalized spacial score (nSPS) is 17.4. The second kappa shape index (κ2) is 13.1. The van der Waals surface area contributed by atoms with Crippen LogP contribution in [-0.2, 0) is 17.8 Å². The quantitative estimate of drug-likeness (QED) is 0.195. The smallest absolute Gasteiger partial charge is 0.222 e. The topological polar surface area (TPSA) is 119 Å². The Hall–Kier alpha value is -3.40. The first-order valence-corrected chi connectivity index (χ1v) is 14.9. The number of aliphatic hydroxyl groups excluding tert-OH is 1. The van der Waals surface area contributed by atoms with Gasteiger partial charge in [-0.3, -0.25) is 0 Å². The molecule has 1 saturated carbocycles. The maximum absolute atomic E-state index is 7.57. The molecule has 2 fully saturated rings. The molecule has 0 amide bonds. The number of aliphatic hydroxyl groups is 1. The summed E-state index contributed by atoms with van der Waals surface area (Å²) < 4.78 is 14.2. The zero-order chi connectivity index (χ0) is 28.8. The van der Waals surface area contributed by atoms with E-state index in [0.717, 1.165) is 78.0 Å². The highest BCUT2D eigenvalue weighted by Crippen LogP contribution is 2.43. The van der Waals surface area contributed by atoms with Crippen LogP contribution in [0.5, 0.6) is 5.75 Å². The van der Waals surface area contributed by atoms with Gasteiger partial charge >= 0.3 is 0 Å². The number of nitrogens with two attached hydrogens (primary N) is 1. The van der Waals surface area contributed by atoms with Crippen molar-refractivity contribution in [3.05, 3.63) is 53.6 Å². The van der Waals surface area contributed by atoms with Crippen LogP contribution in [0.2, 0.25) is 0 Å². The molecule has 2 aromatic carbocycles. The highest BCUT2D eigenvalue weighted by molar-refractivity contribution is 6.09. The van der Waals surface area contributed by atoms with Crippen LogP contribution < -0.4 is 21.1 Å². The first-order chi connectivity index (χ1) is 20.0. The number of nitrogens with zero attached hydrogens (tertiary/aromatic N) is 3. The lowest BCUT2D eigenvalue weighted by Gasteiger charge is -2.37. The van der Waals surface area contributed by atoms with E-state index in [0.29, 0.717) is 12.6 Å². The second-order valence-electron chi connectivity index (χ2n) is 11.1. The molecule has 0 bridgehead atoms. The van der Waals surface area contributed by atoms with Crippen molar-refractivity contribution < 1.29 is 14.6 Å². The molecule has 6 rings (SSSR count). The third-order valence-corrected chi connectivity index (χ3v) is 8.19. The number of anilines is 2. The lowest BCUT2D eigenvalue weighted by molar-refractivity contribution is -0.0563. The van der Waals surface area contributed by atoms with E-state index in [4.69, 9.17) is 20.3 Å². The van der Waals surface area contributed by atoms with Crippen molar-refractivity contribution in [1.82, 2.24) is 19.9 Å².